The largest absolute Gasteiger partial charge is 0.330 e. The minimum Gasteiger partial charge on any atom is -0.330 e. The molecule has 2 aromatic carbocycles. The number of hydrogen-bond donors (Lipinski definition) is 2. The van der Waals surface area contributed by atoms with Gasteiger partial charge in [0, 0.05) is 17.8 Å². The summed E-state index contributed by atoms with van der Waals surface area (Å²) >= 11 is 8.60. The lowest BCUT2D eigenvalue weighted by atomic mass is 10.2. The number of carbonyl (C=O) groups is 1. The van der Waals surface area contributed by atoms with Crippen LogP contribution in [0, 0.1) is 10.1 Å². The number of amides is 1. The molecule has 144 valence electrons. The molecule has 1 aromatic heterocycles. The second kappa shape index (κ2) is 9.00. The molecular weight excluding hydrogens is 422 g/mol. The number of nitro benzene ring substituents is 1. The second-order valence-electron chi connectivity index (χ2n) is 5.53. The number of nitro groups is 1. The topological polar surface area (TPSA) is 110 Å². The molecule has 28 heavy (non-hydrogen) atoms. The summed E-state index contributed by atoms with van der Waals surface area (Å²) in [5.41, 5.74) is 1.07. The number of thioether (sulfide) groups is 1. The summed E-state index contributed by atoms with van der Waals surface area (Å²) in [5.74, 6) is -0.298. The monoisotopic (exact) mass is 435 g/mol. The Bertz CT molecular complexity index is 999. The van der Waals surface area contributed by atoms with Crippen LogP contribution in [-0.2, 0) is 4.79 Å². The minimum atomic E-state index is -0.549. The Labute approximate surface area is 173 Å². The number of aromatic nitrogens is 2. The van der Waals surface area contributed by atoms with Crippen LogP contribution in [0.1, 0.15) is 6.92 Å². The van der Waals surface area contributed by atoms with E-state index in [0.717, 1.165) is 5.69 Å². The maximum atomic E-state index is 12.4. The Hall–Kier alpha value is -2.69. The molecule has 3 aromatic rings. The van der Waals surface area contributed by atoms with E-state index in [-0.39, 0.29) is 16.6 Å². The normalized spacial score (nSPS) is 11.6. The highest BCUT2D eigenvalue weighted by Gasteiger charge is 2.19. The third kappa shape index (κ3) is 5.18. The van der Waals surface area contributed by atoms with Gasteiger partial charge in [-0.2, -0.15) is 0 Å². The van der Waals surface area contributed by atoms with Crippen molar-refractivity contribution in [2.45, 2.75) is 16.5 Å². The first kappa shape index (κ1) is 20.1. The predicted molar refractivity (Wildman–Crippen MR) is 112 cm³/mol. The SMILES string of the molecule is CC(Sc1nnc(Nc2ccccc2)s1)C(=O)Nc1ccc([N+](=O)[O-])cc1Cl. The van der Waals surface area contributed by atoms with Crippen molar-refractivity contribution in [1.29, 1.82) is 0 Å². The standard InChI is InChI=1S/C17H14ClN5O3S2/c1-10(15(24)20-14-8-7-12(23(25)26)9-13(14)18)27-17-22-21-16(28-17)19-11-5-3-2-4-6-11/h2-10H,1H3,(H,19,21)(H,20,24). The van der Waals surface area contributed by atoms with Crippen molar-refractivity contribution in [2.24, 2.45) is 0 Å². The first-order chi connectivity index (χ1) is 13.4. The van der Waals surface area contributed by atoms with Gasteiger partial charge < -0.3 is 10.6 Å². The van der Waals surface area contributed by atoms with E-state index in [2.05, 4.69) is 20.8 Å². The van der Waals surface area contributed by atoms with Crippen molar-refractivity contribution in [3.05, 3.63) is 63.7 Å². The second-order valence-corrected chi connectivity index (χ2v) is 8.51. The molecule has 1 atom stereocenters. The highest BCUT2D eigenvalue weighted by molar-refractivity contribution is 8.02. The third-order valence-electron chi connectivity index (χ3n) is 3.50. The van der Waals surface area contributed by atoms with E-state index in [1.165, 1.54) is 41.3 Å². The van der Waals surface area contributed by atoms with Crippen molar-refractivity contribution in [2.75, 3.05) is 10.6 Å². The van der Waals surface area contributed by atoms with Crippen molar-refractivity contribution >= 4 is 62.8 Å². The summed E-state index contributed by atoms with van der Waals surface area (Å²) < 4.78 is 0.635. The molecule has 11 heteroatoms. The molecule has 0 aliphatic rings. The van der Waals surface area contributed by atoms with Crippen LogP contribution in [0.2, 0.25) is 5.02 Å². The van der Waals surface area contributed by atoms with Crippen molar-refractivity contribution in [3.8, 4) is 0 Å². The predicted octanol–water partition coefficient (Wildman–Crippen LogP) is 4.96. The smallest absolute Gasteiger partial charge is 0.271 e. The highest BCUT2D eigenvalue weighted by atomic mass is 35.5. The fourth-order valence-electron chi connectivity index (χ4n) is 2.11. The lowest BCUT2D eigenvalue weighted by Crippen LogP contribution is -2.22. The van der Waals surface area contributed by atoms with Crippen LogP contribution in [0.3, 0.4) is 0 Å². The maximum absolute atomic E-state index is 12.4. The molecule has 0 spiro atoms. The van der Waals surface area contributed by atoms with Gasteiger partial charge in [-0.3, -0.25) is 14.9 Å². The zero-order valence-electron chi connectivity index (χ0n) is 14.5. The molecule has 3 rings (SSSR count). The zero-order chi connectivity index (χ0) is 20.1. The van der Waals surface area contributed by atoms with Crippen molar-refractivity contribution in [3.63, 3.8) is 0 Å². The fourth-order valence-corrected chi connectivity index (χ4v) is 4.25. The van der Waals surface area contributed by atoms with E-state index in [1.807, 2.05) is 30.3 Å². The summed E-state index contributed by atoms with van der Waals surface area (Å²) in [7, 11) is 0. The van der Waals surface area contributed by atoms with Gasteiger partial charge >= 0.3 is 0 Å². The Balaban J connectivity index is 1.59. The van der Waals surface area contributed by atoms with Crippen LogP contribution in [0.4, 0.5) is 22.2 Å². The molecule has 1 unspecified atom stereocenters. The molecule has 0 radical (unpaired) electrons. The van der Waals surface area contributed by atoms with Crippen LogP contribution in [0.25, 0.3) is 0 Å². The summed E-state index contributed by atoms with van der Waals surface area (Å²) in [6.45, 7) is 1.73. The van der Waals surface area contributed by atoms with Gasteiger partial charge in [0.25, 0.3) is 5.69 Å². The molecule has 0 saturated carbocycles. The van der Waals surface area contributed by atoms with Crippen LogP contribution in [0.15, 0.2) is 52.9 Å². The van der Waals surface area contributed by atoms with E-state index in [4.69, 9.17) is 11.6 Å². The molecule has 0 aliphatic carbocycles. The number of rotatable bonds is 7. The fraction of sp³-hybridized carbons (Fsp3) is 0.118. The summed E-state index contributed by atoms with van der Waals surface area (Å²) in [4.78, 5) is 22.6. The Morgan fingerprint density at radius 1 is 1.25 bits per heavy atom. The van der Waals surface area contributed by atoms with Crippen molar-refractivity contribution < 1.29 is 9.72 Å². The average molecular weight is 436 g/mol. The molecule has 2 N–H and O–H groups in total. The number of anilines is 3. The molecule has 0 aliphatic heterocycles. The number of para-hydroxylation sites is 1. The maximum Gasteiger partial charge on any atom is 0.271 e. The lowest BCUT2D eigenvalue weighted by Gasteiger charge is -2.11. The summed E-state index contributed by atoms with van der Waals surface area (Å²) in [5, 5.41) is 25.0. The van der Waals surface area contributed by atoms with E-state index in [9.17, 15) is 14.9 Å². The Kier molecular flexibility index (Phi) is 6.45. The van der Waals surface area contributed by atoms with Gasteiger partial charge in [-0.25, -0.2) is 0 Å². The zero-order valence-corrected chi connectivity index (χ0v) is 16.8. The lowest BCUT2D eigenvalue weighted by molar-refractivity contribution is -0.384. The number of nitrogens with one attached hydrogen (secondary N) is 2. The quantitative estimate of drug-likeness (QED) is 0.306. The Morgan fingerprint density at radius 3 is 2.68 bits per heavy atom. The number of non-ortho nitro benzene ring substituents is 1. The van der Waals surface area contributed by atoms with Gasteiger partial charge in [0.2, 0.25) is 11.0 Å². The number of benzene rings is 2. The van der Waals surface area contributed by atoms with Crippen LogP contribution < -0.4 is 10.6 Å². The van der Waals surface area contributed by atoms with E-state index in [0.29, 0.717) is 15.2 Å². The molecular formula is C17H14ClN5O3S2. The van der Waals surface area contributed by atoms with Gasteiger partial charge in [-0.1, -0.05) is 52.9 Å². The minimum absolute atomic E-state index is 0.102. The number of halogens is 1. The van der Waals surface area contributed by atoms with Crippen LogP contribution in [0.5, 0.6) is 0 Å². The molecule has 0 fully saturated rings. The molecule has 1 heterocycles. The molecule has 1 amide bonds. The summed E-state index contributed by atoms with van der Waals surface area (Å²) in [6, 6.07) is 13.5. The number of hydrogen-bond acceptors (Lipinski definition) is 8. The highest BCUT2D eigenvalue weighted by Crippen LogP contribution is 2.32. The van der Waals surface area contributed by atoms with Crippen LogP contribution >= 0.6 is 34.7 Å². The van der Waals surface area contributed by atoms with E-state index < -0.39 is 10.2 Å². The van der Waals surface area contributed by atoms with Gasteiger partial charge in [-0.15, -0.1) is 10.2 Å². The Morgan fingerprint density at radius 2 is 2.00 bits per heavy atom. The van der Waals surface area contributed by atoms with E-state index >= 15 is 0 Å². The van der Waals surface area contributed by atoms with Crippen molar-refractivity contribution in [1.82, 2.24) is 10.2 Å². The van der Waals surface area contributed by atoms with Gasteiger partial charge in [0.15, 0.2) is 4.34 Å². The number of nitrogens with zero attached hydrogens (tertiary/aromatic N) is 3. The van der Waals surface area contributed by atoms with Gasteiger partial charge in [0.05, 0.1) is 20.9 Å². The van der Waals surface area contributed by atoms with Crippen LogP contribution in [-0.4, -0.2) is 26.3 Å². The third-order valence-corrected chi connectivity index (χ3v) is 5.84. The first-order valence-corrected chi connectivity index (χ1v) is 10.1. The summed E-state index contributed by atoms with van der Waals surface area (Å²) in [6.07, 6.45) is 0. The van der Waals surface area contributed by atoms with Gasteiger partial charge in [-0.05, 0) is 25.1 Å². The number of carbonyl (C=O) groups excluding carboxylic acids is 1. The molecule has 8 nitrogen and oxygen atoms in total. The van der Waals surface area contributed by atoms with E-state index in [1.54, 1.807) is 6.92 Å². The molecule has 0 bridgehead atoms. The molecule has 0 saturated heterocycles. The average Bonchev–Trinajstić information content (AvgIpc) is 3.10. The van der Waals surface area contributed by atoms with Gasteiger partial charge in [0.1, 0.15) is 0 Å². The first-order valence-electron chi connectivity index (χ1n) is 7.99.